The first-order valence-corrected chi connectivity index (χ1v) is 9.60. The summed E-state index contributed by atoms with van der Waals surface area (Å²) in [6.45, 7) is 2.06. The number of hydrogen-bond acceptors (Lipinski definition) is 5. The van der Waals surface area contributed by atoms with E-state index in [1.54, 1.807) is 11.6 Å². The molecular formula is C18H19Cl2N5OS. The van der Waals surface area contributed by atoms with Crippen molar-refractivity contribution in [1.82, 2.24) is 24.8 Å². The maximum absolute atomic E-state index is 13.1. The van der Waals surface area contributed by atoms with Gasteiger partial charge in [0.25, 0.3) is 5.91 Å². The number of piperazine rings is 1. The molecule has 27 heavy (non-hydrogen) atoms. The highest BCUT2D eigenvalue weighted by molar-refractivity contribution is 7.13. The van der Waals surface area contributed by atoms with Crippen LogP contribution in [0.3, 0.4) is 0 Å². The number of halogens is 2. The fraction of sp³-hybridized carbons (Fsp3) is 0.278. The summed E-state index contributed by atoms with van der Waals surface area (Å²) in [7, 11) is 1.94. The van der Waals surface area contributed by atoms with Crippen molar-refractivity contribution in [1.29, 1.82) is 0 Å². The van der Waals surface area contributed by atoms with E-state index in [-0.39, 0.29) is 24.4 Å². The molecule has 142 valence electrons. The van der Waals surface area contributed by atoms with Crippen molar-refractivity contribution in [3.05, 3.63) is 58.6 Å². The molecule has 9 heteroatoms. The molecule has 1 aromatic carbocycles. The summed E-state index contributed by atoms with van der Waals surface area (Å²) in [5, 5.41) is 6.53. The molecule has 1 unspecified atom stereocenters. The minimum absolute atomic E-state index is 0. The lowest BCUT2D eigenvalue weighted by Gasteiger charge is -2.35. The van der Waals surface area contributed by atoms with Gasteiger partial charge in [-0.05, 0) is 6.07 Å². The Morgan fingerprint density at radius 3 is 2.93 bits per heavy atom. The van der Waals surface area contributed by atoms with Crippen LogP contribution < -0.4 is 5.32 Å². The highest BCUT2D eigenvalue weighted by Gasteiger charge is 2.32. The maximum Gasteiger partial charge on any atom is 0.274 e. The van der Waals surface area contributed by atoms with Gasteiger partial charge < -0.3 is 14.8 Å². The van der Waals surface area contributed by atoms with Crippen molar-refractivity contribution in [2.45, 2.75) is 6.04 Å². The van der Waals surface area contributed by atoms with Gasteiger partial charge >= 0.3 is 0 Å². The maximum atomic E-state index is 13.1. The Bertz CT molecular complexity index is 941. The number of nitrogens with zero attached hydrogens (tertiary/aromatic N) is 4. The molecule has 1 fully saturated rings. The van der Waals surface area contributed by atoms with Gasteiger partial charge in [-0.1, -0.05) is 29.8 Å². The molecule has 0 spiro atoms. The average Bonchev–Trinajstić information content (AvgIpc) is 3.31. The van der Waals surface area contributed by atoms with Crippen molar-refractivity contribution < 1.29 is 4.79 Å². The zero-order valence-electron chi connectivity index (χ0n) is 14.6. The largest absolute Gasteiger partial charge is 0.336 e. The van der Waals surface area contributed by atoms with Gasteiger partial charge in [0.15, 0.2) is 0 Å². The van der Waals surface area contributed by atoms with Crippen molar-refractivity contribution >= 4 is 41.3 Å². The first-order valence-electron chi connectivity index (χ1n) is 8.34. The van der Waals surface area contributed by atoms with E-state index in [1.165, 1.54) is 11.3 Å². The number of aromatic nitrogens is 3. The molecule has 4 rings (SSSR count). The van der Waals surface area contributed by atoms with Gasteiger partial charge in [-0.15, -0.1) is 23.7 Å². The third-order valence-electron chi connectivity index (χ3n) is 4.49. The first-order chi connectivity index (χ1) is 12.6. The second-order valence-corrected chi connectivity index (χ2v) is 7.40. The molecule has 1 N–H and O–H groups in total. The number of aryl methyl sites for hydroxylation is 1. The zero-order valence-corrected chi connectivity index (χ0v) is 17.0. The van der Waals surface area contributed by atoms with E-state index in [1.807, 2.05) is 47.0 Å². The van der Waals surface area contributed by atoms with Gasteiger partial charge in [0, 0.05) is 50.0 Å². The van der Waals surface area contributed by atoms with E-state index >= 15 is 0 Å². The Morgan fingerprint density at radius 1 is 1.37 bits per heavy atom. The van der Waals surface area contributed by atoms with Crippen LogP contribution in [0.5, 0.6) is 0 Å². The number of nitrogens with one attached hydrogen (secondary N) is 1. The summed E-state index contributed by atoms with van der Waals surface area (Å²) < 4.78 is 1.95. The second kappa shape index (κ2) is 8.39. The third-order valence-corrected chi connectivity index (χ3v) is 5.69. The molecule has 1 amide bonds. The van der Waals surface area contributed by atoms with Crippen LogP contribution in [0.25, 0.3) is 10.6 Å². The first kappa shape index (κ1) is 19.8. The SMILES string of the molecule is Cl.Cn1ccnc1C1CNCCN1C(=O)c1csc(-c2ccccc2Cl)n1. The highest BCUT2D eigenvalue weighted by Crippen LogP contribution is 2.31. The van der Waals surface area contributed by atoms with E-state index in [4.69, 9.17) is 11.6 Å². The standard InChI is InChI=1S/C18H18ClN5OS.ClH/c1-23-8-7-21-16(23)15-10-20-6-9-24(15)18(25)14-11-26-17(22-14)12-4-2-3-5-13(12)19;/h2-5,7-8,11,15,20H,6,9-10H2,1H3;1H. The van der Waals surface area contributed by atoms with Gasteiger partial charge in [0.2, 0.25) is 0 Å². The van der Waals surface area contributed by atoms with E-state index in [9.17, 15) is 4.79 Å². The number of thiazole rings is 1. The Hall–Kier alpha value is -1.93. The van der Waals surface area contributed by atoms with Crippen LogP contribution in [-0.4, -0.2) is 45.0 Å². The van der Waals surface area contributed by atoms with Crippen molar-refractivity contribution in [2.24, 2.45) is 7.05 Å². The van der Waals surface area contributed by atoms with Crippen molar-refractivity contribution in [3.8, 4) is 10.6 Å². The highest BCUT2D eigenvalue weighted by atomic mass is 35.5. The van der Waals surface area contributed by atoms with Gasteiger partial charge in [0.05, 0.1) is 5.02 Å². The van der Waals surface area contributed by atoms with Crippen LogP contribution in [-0.2, 0) is 7.05 Å². The van der Waals surface area contributed by atoms with Crippen molar-refractivity contribution in [3.63, 3.8) is 0 Å². The van der Waals surface area contributed by atoms with Crippen LogP contribution in [0.1, 0.15) is 22.4 Å². The molecule has 0 aliphatic carbocycles. The predicted octanol–water partition coefficient (Wildman–Crippen LogP) is 3.41. The van der Waals surface area contributed by atoms with Crippen LogP contribution in [0, 0.1) is 0 Å². The lowest BCUT2D eigenvalue weighted by Crippen LogP contribution is -2.49. The van der Waals surface area contributed by atoms with Crippen LogP contribution in [0.4, 0.5) is 0 Å². The fourth-order valence-electron chi connectivity index (χ4n) is 3.15. The molecule has 1 atom stereocenters. The number of hydrogen-bond donors (Lipinski definition) is 1. The summed E-state index contributed by atoms with van der Waals surface area (Å²) in [6.07, 6.45) is 3.65. The number of carbonyl (C=O) groups is 1. The monoisotopic (exact) mass is 423 g/mol. The average molecular weight is 424 g/mol. The number of imidazole rings is 1. The fourth-order valence-corrected chi connectivity index (χ4v) is 4.27. The number of benzene rings is 1. The zero-order chi connectivity index (χ0) is 18.1. The van der Waals surface area contributed by atoms with Crippen LogP contribution in [0.15, 0.2) is 42.0 Å². The van der Waals surface area contributed by atoms with Gasteiger partial charge in [0.1, 0.15) is 22.6 Å². The number of carbonyl (C=O) groups excluding carboxylic acids is 1. The van der Waals surface area contributed by atoms with E-state index < -0.39 is 0 Å². The summed E-state index contributed by atoms with van der Waals surface area (Å²) in [5.74, 6) is 0.793. The Labute approximate surface area is 172 Å². The third kappa shape index (κ3) is 3.87. The molecule has 3 aromatic rings. The van der Waals surface area contributed by atoms with Gasteiger partial charge in [-0.2, -0.15) is 0 Å². The molecule has 0 bridgehead atoms. The molecule has 6 nitrogen and oxygen atoms in total. The van der Waals surface area contributed by atoms with E-state index in [2.05, 4.69) is 15.3 Å². The Kier molecular flexibility index (Phi) is 6.16. The predicted molar refractivity (Wildman–Crippen MR) is 110 cm³/mol. The normalized spacial score (nSPS) is 16.8. The lowest BCUT2D eigenvalue weighted by atomic mass is 10.1. The molecule has 0 saturated carbocycles. The molecule has 0 radical (unpaired) electrons. The minimum atomic E-state index is -0.110. The number of rotatable bonds is 3. The lowest BCUT2D eigenvalue weighted by molar-refractivity contribution is 0.0615. The summed E-state index contributed by atoms with van der Waals surface area (Å²) in [6, 6.07) is 7.42. The molecule has 1 aliphatic heterocycles. The summed E-state index contributed by atoms with van der Waals surface area (Å²) >= 11 is 7.69. The Balaban J connectivity index is 0.00000210. The van der Waals surface area contributed by atoms with Crippen LogP contribution in [0.2, 0.25) is 5.02 Å². The molecule has 2 aromatic heterocycles. The van der Waals surface area contributed by atoms with E-state index in [0.29, 0.717) is 23.8 Å². The number of amides is 1. The van der Waals surface area contributed by atoms with Gasteiger partial charge in [-0.25, -0.2) is 9.97 Å². The van der Waals surface area contributed by atoms with Crippen LogP contribution >= 0.6 is 35.3 Å². The molecule has 1 saturated heterocycles. The van der Waals surface area contributed by atoms with Gasteiger partial charge in [-0.3, -0.25) is 4.79 Å². The van der Waals surface area contributed by atoms with E-state index in [0.717, 1.165) is 22.9 Å². The molecule has 1 aliphatic rings. The Morgan fingerprint density at radius 2 is 2.19 bits per heavy atom. The summed E-state index contributed by atoms with van der Waals surface area (Å²) in [5.41, 5.74) is 1.30. The quantitative estimate of drug-likeness (QED) is 0.700. The van der Waals surface area contributed by atoms with Crippen molar-refractivity contribution in [2.75, 3.05) is 19.6 Å². The molecule has 3 heterocycles. The minimum Gasteiger partial charge on any atom is -0.336 e. The topological polar surface area (TPSA) is 63.1 Å². The smallest absolute Gasteiger partial charge is 0.274 e. The molecular weight excluding hydrogens is 405 g/mol. The summed E-state index contributed by atoms with van der Waals surface area (Å²) in [4.78, 5) is 23.9. The second-order valence-electron chi connectivity index (χ2n) is 6.13.